The van der Waals surface area contributed by atoms with Crippen LogP contribution in [-0.2, 0) is 18.5 Å². The van der Waals surface area contributed by atoms with Gasteiger partial charge in [-0.25, -0.2) is 8.42 Å². The summed E-state index contributed by atoms with van der Waals surface area (Å²) in [6.07, 6.45) is 3.54. The lowest BCUT2D eigenvalue weighted by atomic mass is 10.1. The van der Waals surface area contributed by atoms with Gasteiger partial charge in [-0.1, -0.05) is 41.2 Å². The quantitative estimate of drug-likeness (QED) is 0.322. The van der Waals surface area contributed by atoms with Crippen LogP contribution in [0, 0.1) is 0 Å². The molecular formula is C16H15F3O5S2. The topological polar surface area (TPSA) is 69.7 Å². The lowest BCUT2D eigenvalue weighted by Crippen LogP contribution is -2.26. The summed E-state index contributed by atoms with van der Waals surface area (Å²) in [4.78, 5) is 11.7. The smallest absolute Gasteiger partial charge is 0.423 e. The number of halogens is 3. The number of hydrogen-bond acceptors (Lipinski definition) is 5. The predicted octanol–water partition coefficient (Wildman–Crippen LogP) is 4.14. The second-order valence-corrected chi connectivity index (χ2v) is 10.3. The van der Waals surface area contributed by atoms with Gasteiger partial charge in [-0.3, -0.25) is 0 Å². The minimum Gasteiger partial charge on any atom is -0.423 e. The number of benzene rings is 2. The number of carbonyl (C=O) groups is 1. The van der Waals surface area contributed by atoms with Crippen LogP contribution >= 0.6 is 10.3 Å². The molecule has 0 heterocycles. The van der Waals surface area contributed by atoms with Gasteiger partial charge in [-0.15, -0.1) is 0 Å². The Bertz CT molecular complexity index is 965. The number of fused-ring (bicyclic) bond motifs is 1. The normalized spacial score (nSPS) is 13.4. The summed E-state index contributed by atoms with van der Waals surface area (Å²) in [5.41, 5.74) is -5.52. The largest absolute Gasteiger partial charge is 0.523 e. The van der Waals surface area contributed by atoms with E-state index in [1.807, 2.05) is 0 Å². The highest BCUT2D eigenvalue weighted by Crippen LogP contribution is 2.56. The summed E-state index contributed by atoms with van der Waals surface area (Å²) in [6, 6.07) is 9.20. The van der Waals surface area contributed by atoms with Crippen LogP contribution in [0.15, 0.2) is 53.9 Å². The van der Waals surface area contributed by atoms with Crippen molar-refractivity contribution in [2.45, 2.75) is 10.4 Å². The third-order valence-electron chi connectivity index (χ3n) is 3.29. The van der Waals surface area contributed by atoms with Crippen LogP contribution in [0.25, 0.3) is 10.8 Å². The van der Waals surface area contributed by atoms with Gasteiger partial charge in [0.2, 0.25) is 0 Å². The standard InChI is InChI=1S/C16H15F3O5S2/c1-4-15(20)23-13-9-10-14(12-8-6-5-7-11(12)13)25(2,3)24-26(21,22)16(17,18)19/h4-10H,1H2,2-3H3. The molecule has 0 unspecified atom stereocenters. The van der Waals surface area contributed by atoms with E-state index < -0.39 is 31.9 Å². The maximum Gasteiger partial charge on any atom is 0.523 e. The Hall–Kier alpha value is -2.04. The van der Waals surface area contributed by atoms with Crippen LogP contribution in [0.2, 0.25) is 0 Å². The minimum atomic E-state index is -5.77. The molecule has 0 aromatic heterocycles. The molecule has 26 heavy (non-hydrogen) atoms. The third kappa shape index (κ3) is 4.02. The molecule has 0 aliphatic carbocycles. The van der Waals surface area contributed by atoms with Crippen molar-refractivity contribution in [1.82, 2.24) is 0 Å². The summed E-state index contributed by atoms with van der Waals surface area (Å²) >= 11 is 0. The Labute approximate surface area is 150 Å². The number of rotatable bonds is 5. The minimum absolute atomic E-state index is 0.170. The van der Waals surface area contributed by atoms with Crippen LogP contribution in [0.5, 0.6) is 5.75 Å². The molecule has 0 N–H and O–H groups in total. The number of alkyl halides is 3. The van der Waals surface area contributed by atoms with Gasteiger partial charge in [0.25, 0.3) is 0 Å². The molecule has 0 saturated heterocycles. The second-order valence-electron chi connectivity index (χ2n) is 5.43. The highest BCUT2D eigenvalue weighted by molar-refractivity contribution is 8.32. The molecule has 0 saturated carbocycles. The summed E-state index contributed by atoms with van der Waals surface area (Å²) in [5, 5.41) is 0.841. The molecule has 0 radical (unpaired) electrons. The number of ether oxygens (including phenoxy) is 1. The Kier molecular flexibility index (Phi) is 5.41. The average molecular weight is 408 g/mol. The van der Waals surface area contributed by atoms with E-state index in [4.69, 9.17) is 4.74 Å². The van der Waals surface area contributed by atoms with E-state index >= 15 is 0 Å². The van der Waals surface area contributed by atoms with Crippen molar-refractivity contribution in [1.29, 1.82) is 0 Å². The van der Waals surface area contributed by atoms with Crippen molar-refractivity contribution >= 4 is 37.2 Å². The molecule has 10 heteroatoms. The summed E-state index contributed by atoms with van der Waals surface area (Å²) in [6.45, 7) is 3.29. The fourth-order valence-electron chi connectivity index (χ4n) is 2.21. The third-order valence-corrected chi connectivity index (χ3v) is 7.35. The second kappa shape index (κ2) is 6.93. The highest BCUT2D eigenvalue weighted by Gasteiger charge is 2.50. The van der Waals surface area contributed by atoms with E-state index in [-0.39, 0.29) is 10.6 Å². The Morgan fingerprint density at radius 1 is 1.08 bits per heavy atom. The van der Waals surface area contributed by atoms with Gasteiger partial charge in [-0.05, 0) is 30.0 Å². The van der Waals surface area contributed by atoms with E-state index in [0.717, 1.165) is 6.08 Å². The van der Waals surface area contributed by atoms with E-state index in [0.29, 0.717) is 10.8 Å². The van der Waals surface area contributed by atoms with E-state index in [1.54, 1.807) is 24.3 Å². The Balaban J connectivity index is 2.58. The maximum atomic E-state index is 12.7. The molecule has 2 aromatic carbocycles. The molecular weight excluding hydrogens is 393 g/mol. The zero-order valence-electron chi connectivity index (χ0n) is 13.7. The molecule has 0 aliphatic heterocycles. The molecule has 0 aliphatic rings. The van der Waals surface area contributed by atoms with Crippen molar-refractivity contribution in [2.75, 3.05) is 12.5 Å². The number of carbonyl (C=O) groups excluding carboxylic acids is 1. The lowest BCUT2D eigenvalue weighted by molar-refractivity contribution is -0.128. The molecule has 2 rings (SSSR count). The highest BCUT2D eigenvalue weighted by atomic mass is 32.3. The van der Waals surface area contributed by atoms with Gasteiger partial charge < -0.3 is 4.74 Å². The SMILES string of the molecule is C=CC(=O)Oc1ccc(S(C)(C)OS(=O)(=O)C(F)(F)F)c2ccccc12. The predicted molar refractivity (Wildman–Crippen MR) is 93.5 cm³/mol. The first-order valence-corrected chi connectivity index (χ1v) is 10.8. The lowest BCUT2D eigenvalue weighted by Gasteiger charge is -2.31. The van der Waals surface area contributed by atoms with Crippen molar-refractivity contribution < 1.29 is 34.7 Å². The molecule has 5 nitrogen and oxygen atoms in total. The summed E-state index contributed by atoms with van der Waals surface area (Å²) < 4.78 is 70.5. The molecule has 0 bridgehead atoms. The fourth-order valence-corrected chi connectivity index (χ4v) is 5.71. The summed E-state index contributed by atoms with van der Waals surface area (Å²) in [7, 11) is -8.61. The van der Waals surface area contributed by atoms with Crippen LogP contribution in [0.3, 0.4) is 0 Å². The first-order valence-electron chi connectivity index (χ1n) is 7.01. The van der Waals surface area contributed by atoms with Crippen LogP contribution < -0.4 is 4.74 Å². The van der Waals surface area contributed by atoms with Crippen molar-refractivity contribution in [3.8, 4) is 5.75 Å². The fraction of sp³-hybridized carbons (Fsp3) is 0.188. The Morgan fingerprint density at radius 3 is 2.19 bits per heavy atom. The van der Waals surface area contributed by atoms with E-state index in [9.17, 15) is 26.4 Å². The zero-order chi connectivity index (χ0) is 19.8. The first-order chi connectivity index (χ1) is 11.9. The molecule has 0 spiro atoms. The molecule has 0 fully saturated rings. The number of esters is 1. The van der Waals surface area contributed by atoms with Gasteiger partial charge in [0.05, 0.1) is 0 Å². The Morgan fingerprint density at radius 2 is 1.65 bits per heavy atom. The van der Waals surface area contributed by atoms with Gasteiger partial charge in [0, 0.05) is 16.4 Å². The molecule has 0 amide bonds. The van der Waals surface area contributed by atoms with Gasteiger partial charge >= 0.3 is 21.6 Å². The van der Waals surface area contributed by atoms with Crippen molar-refractivity contribution in [3.63, 3.8) is 0 Å². The average Bonchev–Trinajstić information content (AvgIpc) is 2.52. The van der Waals surface area contributed by atoms with Gasteiger partial charge in [0.15, 0.2) is 0 Å². The molecule has 142 valence electrons. The van der Waals surface area contributed by atoms with E-state index in [2.05, 4.69) is 10.2 Å². The number of hydrogen-bond donors (Lipinski definition) is 0. The first kappa shape index (κ1) is 20.3. The summed E-state index contributed by atoms with van der Waals surface area (Å²) in [5.74, 6) is -0.534. The van der Waals surface area contributed by atoms with Crippen molar-refractivity contribution in [3.05, 3.63) is 49.1 Å². The van der Waals surface area contributed by atoms with Crippen molar-refractivity contribution in [2.24, 2.45) is 0 Å². The molecule has 2 aromatic rings. The van der Waals surface area contributed by atoms with Gasteiger partial charge in [-0.2, -0.15) is 21.6 Å². The van der Waals surface area contributed by atoms with E-state index in [1.165, 1.54) is 24.6 Å². The zero-order valence-corrected chi connectivity index (χ0v) is 15.4. The van der Waals surface area contributed by atoms with Crippen LogP contribution in [0.1, 0.15) is 0 Å². The molecule has 0 atom stereocenters. The van der Waals surface area contributed by atoms with Crippen LogP contribution in [0.4, 0.5) is 13.2 Å². The maximum absolute atomic E-state index is 12.7. The van der Waals surface area contributed by atoms with Crippen LogP contribution in [-0.4, -0.2) is 32.4 Å². The monoisotopic (exact) mass is 408 g/mol. The van der Waals surface area contributed by atoms with Gasteiger partial charge in [0.1, 0.15) is 5.75 Å².